The molecule has 2 aromatic rings. The SMILES string of the molecule is CCOc1ncccc1NC(=O)c1ccsc1. The zero-order valence-electron chi connectivity index (χ0n) is 9.34. The standard InChI is InChI=1S/C12H12N2O2S/c1-2-16-12-10(4-3-6-13-12)14-11(15)9-5-7-17-8-9/h3-8H,2H2,1H3,(H,14,15). The number of nitrogens with zero attached hydrogens (tertiary/aromatic N) is 1. The number of pyridine rings is 1. The molecule has 2 rings (SSSR count). The monoisotopic (exact) mass is 248 g/mol. The zero-order chi connectivity index (χ0) is 12.1. The van der Waals surface area contributed by atoms with Crippen LogP contribution in [0, 0.1) is 0 Å². The number of carbonyl (C=O) groups excluding carboxylic acids is 1. The average Bonchev–Trinajstić information content (AvgIpc) is 2.85. The molecule has 0 atom stereocenters. The molecule has 0 aliphatic carbocycles. The molecule has 0 saturated heterocycles. The number of amides is 1. The maximum absolute atomic E-state index is 11.8. The molecule has 5 heteroatoms. The van der Waals surface area contributed by atoms with Crippen LogP contribution in [-0.4, -0.2) is 17.5 Å². The lowest BCUT2D eigenvalue weighted by Crippen LogP contribution is -2.12. The second-order valence-electron chi connectivity index (χ2n) is 3.26. The highest BCUT2D eigenvalue weighted by Crippen LogP contribution is 2.21. The van der Waals surface area contributed by atoms with Gasteiger partial charge in [0.15, 0.2) is 0 Å². The Balaban J connectivity index is 2.15. The average molecular weight is 248 g/mol. The highest BCUT2D eigenvalue weighted by molar-refractivity contribution is 7.08. The Hall–Kier alpha value is -1.88. The van der Waals surface area contributed by atoms with Gasteiger partial charge < -0.3 is 10.1 Å². The summed E-state index contributed by atoms with van der Waals surface area (Å²) in [7, 11) is 0. The predicted octanol–water partition coefficient (Wildman–Crippen LogP) is 2.79. The molecule has 0 unspecified atom stereocenters. The lowest BCUT2D eigenvalue weighted by Gasteiger charge is -2.09. The van der Waals surface area contributed by atoms with E-state index in [-0.39, 0.29) is 5.91 Å². The minimum Gasteiger partial charge on any atom is -0.476 e. The fourth-order valence-corrected chi connectivity index (χ4v) is 1.96. The van der Waals surface area contributed by atoms with Crippen molar-refractivity contribution < 1.29 is 9.53 Å². The van der Waals surface area contributed by atoms with E-state index < -0.39 is 0 Å². The molecule has 4 nitrogen and oxygen atoms in total. The van der Waals surface area contributed by atoms with Gasteiger partial charge in [-0.2, -0.15) is 11.3 Å². The molecule has 0 aliphatic rings. The van der Waals surface area contributed by atoms with Crippen molar-refractivity contribution >= 4 is 22.9 Å². The van der Waals surface area contributed by atoms with E-state index in [1.54, 1.807) is 29.8 Å². The van der Waals surface area contributed by atoms with Gasteiger partial charge in [-0.15, -0.1) is 0 Å². The quantitative estimate of drug-likeness (QED) is 0.905. The Morgan fingerprint density at radius 3 is 3.12 bits per heavy atom. The Morgan fingerprint density at radius 1 is 1.53 bits per heavy atom. The molecule has 0 aromatic carbocycles. The number of thiophene rings is 1. The van der Waals surface area contributed by atoms with Crippen LogP contribution in [0.3, 0.4) is 0 Å². The Morgan fingerprint density at radius 2 is 2.41 bits per heavy atom. The van der Waals surface area contributed by atoms with Gasteiger partial charge in [-0.3, -0.25) is 4.79 Å². The molecular formula is C12H12N2O2S. The van der Waals surface area contributed by atoms with Crippen LogP contribution in [0.15, 0.2) is 35.2 Å². The van der Waals surface area contributed by atoms with E-state index in [1.807, 2.05) is 12.3 Å². The van der Waals surface area contributed by atoms with E-state index in [1.165, 1.54) is 11.3 Å². The first-order valence-corrected chi connectivity index (χ1v) is 6.17. The third-order valence-electron chi connectivity index (χ3n) is 2.08. The van der Waals surface area contributed by atoms with Crippen LogP contribution in [0.5, 0.6) is 5.88 Å². The maximum atomic E-state index is 11.8. The van der Waals surface area contributed by atoms with Gasteiger partial charge in [0.1, 0.15) is 5.69 Å². The van der Waals surface area contributed by atoms with Crippen molar-refractivity contribution in [3.8, 4) is 5.88 Å². The lowest BCUT2D eigenvalue weighted by atomic mass is 10.3. The van der Waals surface area contributed by atoms with Crippen LogP contribution in [0.25, 0.3) is 0 Å². The number of carbonyl (C=O) groups is 1. The second kappa shape index (κ2) is 5.45. The van der Waals surface area contributed by atoms with Crippen LogP contribution >= 0.6 is 11.3 Å². The van der Waals surface area contributed by atoms with Crippen molar-refractivity contribution in [2.24, 2.45) is 0 Å². The molecule has 17 heavy (non-hydrogen) atoms. The Labute approximate surface area is 103 Å². The molecule has 2 aromatic heterocycles. The molecular weight excluding hydrogens is 236 g/mol. The number of aromatic nitrogens is 1. The Bertz CT molecular complexity index is 497. The van der Waals surface area contributed by atoms with Crippen LogP contribution in [-0.2, 0) is 0 Å². The van der Waals surface area contributed by atoms with Gasteiger partial charge in [-0.05, 0) is 30.5 Å². The molecule has 0 radical (unpaired) electrons. The first-order chi connectivity index (χ1) is 8.31. The summed E-state index contributed by atoms with van der Waals surface area (Å²) >= 11 is 1.49. The van der Waals surface area contributed by atoms with Gasteiger partial charge in [0.05, 0.1) is 12.2 Å². The fraction of sp³-hybridized carbons (Fsp3) is 0.167. The number of anilines is 1. The van der Waals surface area contributed by atoms with E-state index in [4.69, 9.17) is 4.74 Å². The molecule has 1 N–H and O–H groups in total. The zero-order valence-corrected chi connectivity index (χ0v) is 10.2. The third kappa shape index (κ3) is 2.82. The normalized spacial score (nSPS) is 9.94. The predicted molar refractivity (Wildman–Crippen MR) is 67.7 cm³/mol. The van der Waals surface area contributed by atoms with E-state index >= 15 is 0 Å². The molecule has 88 valence electrons. The number of nitrogens with one attached hydrogen (secondary N) is 1. The highest BCUT2D eigenvalue weighted by Gasteiger charge is 2.10. The number of rotatable bonds is 4. The summed E-state index contributed by atoms with van der Waals surface area (Å²) in [5, 5.41) is 6.44. The van der Waals surface area contributed by atoms with Crippen molar-refractivity contribution in [3.63, 3.8) is 0 Å². The van der Waals surface area contributed by atoms with Crippen LogP contribution < -0.4 is 10.1 Å². The topological polar surface area (TPSA) is 51.2 Å². The summed E-state index contributed by atoms with van der Waals surface area (Å²) in [5.41, 5.74) is 1.23. The smallest absolute Gasteiger partial charge is 0.256 e. The van der Waals surface area contributed by atoms with Gasteiger partial charge in [0.2, 0.25) is 5.88 Å². The summed E-state index contributed by atoms with van der Waals surface area (Å²) < 4.78 is 5.33. The van der Waals surface area contributed by atoms with E-state index in [2.05, 4.69) is 10.3 Å². The van der Waals surface area contributed by atoms with Crippen molar-refractivity contribution in [3.05, 3.63) is 40.7 Å². The maximum Gasteiger partial charge on any atom is 0.256 e. The largest absolute Gasteiger partial charge is 0.476 e. The molecule has 0 aliphatic heterocycles. The van der Waals surface area contributed by atoms with Gasteiger partial charge in [0.25, 0.3) is 5.91 Å². The van der Waals surface area contributed by atoms with E-state index in [0.29, 0.717) is 23.7 Å². The molecule has 1 amide bonds. The molecule has 0 saturated carbocycles. The summed E-state index contributed by atoms with van der Waals surface area (Å²) in [6.07, 6.45) is 1.63. The minimum absolute atomic E-state index is 0.153. The summed E-state index contributed by atoms with van der Waals surface area (Å²) in [5.74, 6) is 0.291. The summed E-state index contributed by atoms with van der Waals surface area (Å²) in [6.45, 7) is 2.39. The summed E-state index contributed by atoms with van der Waals surface area (Å²) in [6, 6.07) is 5.30. The molecule has 0 fully saturated rings. The summed E-state index contributed by atoms with van der Waals surface area (Å²) in [4.78, 5) is 15.9. The lowest BCUT2D eigenvalue weighted by molar-refractivity contribution is 0.102. The first kappa shape index (κ1) is 11.6. The van der Waals surface area contributed by atoms with Crippen LogP contribution in [0.2, 0.25) is 0 Å². The van der Waals surface area contributed by atoms with Crippen LogP contribution in [0.4, 0.5) is 5.69 Å². The number of ether oxygens (including phenoxy) is 1. The van der Waals surface area contributed by atoms with E-state index in [0.717, 1.165) is 0 Å². The molecule has 0 spiro atoms. The van der Waals surface area contributed by atoms with E-state index in [9.17, 15) is 4.79 Å². The first-order valence-electron chi connectivity index (χ1n) is 5.22. The van der Waals surface area contributed by atoms with Crippen molar-refractivity contribution in [1.29, 1.82) is 0 Å². The van der Waals surface area contributed by atoms with Crippen LogP contribution in [0.1, 0.15) is 17.3 Å². The molecule has 0 bridgehead atoms. The number of hydrogen-bond acceptors (Lipinski definition) is 4. The van der Waals surface area contributed by atoms with Crippen molar-refractivity contribution in [1.82, 2.24) is 4.98 Å². The van der Waals surface area contributed by atoms with Gasteiger partial charge in [-0.1, -0.05) is 0 Å². The third-order valence-corrected chi connectivity index (χ3v) is 2.77. The van der Waals surface area contributed by atoms with Crippen molar-refractivity contribution in [2.75, 3.05) is 11.9 Å². The van der Waals surface area contributed by atoms with Gasteiger partial charge in [0, 0.05) is 11.6 Å². The highest BCUT2D eigenvalue weighted by atomic mass is 32.1. The fourth-order valence-electron chi connectivity index (χ4n) is 1.33. The second-order valence-corrected chi connectivity index (χ2v) is 4.04. The molecule has 2 heterocycles. The number of hydrogen-bond donors (Lipinski definition) is 1. The minimum atomic E-state index is -0.153. The Kier molecular flexibility index (Phi) is 3.72. The van der Waals surface area contributed by atoms with Gasteiger partial charge >= 0.3 is 0 Å². The van der Waals surface area contributed by atoms with Crippen molar-refractivity contribution in [2.45, 2.75) is 6.92 Å². The van der Waals surface area contributed by atoms with Gasteiger partial charge in [-0.25, -0.2) is 4.98 Å².